The Morgan fingerprint density at radius 3 is 2.28 bits per heavy atom. The minimum atomic E-state index is -0.288. The average Bonchev–Trinajstić information content (AvgIpc) is 2.82. The largest absolute Gasteiger partial charge is 0.490 e. The predicted octanol–water partition coefficient (Wildman–Crippen LogP) is 4.42. The summed E-state index contributed by atoms with van der Waals surface area (Å²) in [6, 6.07) is 24.1. The van der Waals surface area contributed by atoms with Gasteiger partial charge in [-0.25, -0.2) is 0 Å². The molecule has 0 radical (unpaired) electrons. The molecule has 1 N–H and O–H groups in total. The summed E-state index contributed by atoms with van der Waals surface area (Å²) in [7, 11) is 1.60. The predicted molar refractivity (Wildman–Crippen MR) is 125 cm³/mol. The van der Waals surface area contributed by atoms with Gasteiger partial charge in [-0.3, -0.25) is 9.59 Å². The molecule has 3 rings (SSSR count). The van der Waals surface area contributed by atoms with Gasteiger partial charge < -0.3 is 19.7 Å². The second-order valence-electron chi connectivity index (χ2n) is 7.23. The van der Waals surface area contributed by atoms with Gasteiger partial charge in [0.1, 0.15) is 24.7 Å². The van der Waals surface area contributed by atoms with Gasteiger partial charge in [-0.05, 0) is 42.3 Å². The van der Waals surface area contributed by atoms with E-state index in [1.54, 1.807) is 31.3 Å². The fraction of sp³-hybridized carbons (Fsp3) is 0.231. The number of carbonyl (C=O) groups is 2. The summed E-state index contributed by atoms with van der Waals surface area (Å²) < 4.78 is 11.4. The minimum absolute atomic E-state index is 0.0671. The first-order valence-electron chi connectivity index (χ1n) is 10.6. The Morgan fingerprint density at radius 1 is 0.844 bits per heavy atom. The molecule has 0 atom stereocenters. The number of para-hydroxylation sites is 3. The van der Waals surface area contributed by atoms with Crippen LogP contribution in [0.5, 0.6) is 11.5 Å². The number of benzene rings is 3. The first-order valence-corrected chi connectivity index (χ1v) is 10.6. The van der Waals surface area contributed by atoms with Crippen molar-refractivity contribution in [3.63, 3.8) is 0 Å². The maximum atomic E-state index is 13.0. The fourth-order valence-electron chi connectivity index (χ4n) is 3.23. The lowest BCUT2D eigenvalue weighted by atomic mass is 10.1. The summed E-state index contributed by atoms with van der Waals surface area (Å²) in [5, 5.41) is 2.89. The second-order valence-corrected chi connectivity index (χ2v) is 7.23. The SMILES string of the molecule is CCc1ccccc1NC(=O)CN(C)C(=O)c1ccccc1OCCOc1ccccc1. The standard InChI is InChI=1S/C26H28N2O4/c1-3-20-11-7-9-15-23(20)27-25(29)19-28(2)26(30)22-14-8-10-16-24(22)32-18-17-31-21-12-5-4-6-13-21/h4-16H,3,17-19H2,1-2H3,(H,27,29). The Labute approximate surface area is 188 Å². The maximum absolute atomic E-state index is 13.0. The van der Waals surface area contributed by atoms with Gasteiger partial charge in [0.2, 0.25) is 5.91 Å². The monoisotopic (exact) mass is 432 g/mol. The molecule has 2 amide bonds. The summed E-state index contributed by atoms with van der Waals surface area (Å²) in [6.07, 6.45) is 0.809. The van der Waals surface area contributed by atoms with E-state index >= 15 is 0 Å². The molecule has 0 aliphatic heterocycles. The van der Waals surface area contributed by atoms with Crippen molar-refractivity contribution in [2.24, 2.45) is 0 Å². The minimum Gasteiger partial charge on any atom is -0.490 e. The zero-order valence-electron chi connectivity index (χ0n) is 18.4. The van der Waals surface area contributed by atoms with Crippen molar-refractivity contribution in [1.82, 2.24) is 4.90 Å². The average molecular weight is 433 g/mol. The second kappa shape index (κ2) is 11.6. The highest BCUT2D eigenvalue weighted by molar-refractivity contribution is 6.00. The number of ether oxygens (including phenoxy) is 2. The number of carbonyl (C=O) groups excluding carboxylic acids is 2. The zero-order chi connectivity index (χ0) is 22.8. The van der Waals surface area contributed by atoms with Gasteiger partial charge in [-0.1, -0.05) is 55.5 Å². The highest BCUT2D eigenvalue weighted by Crippen LogP contribution is 2.20. The van der Waals surface area contributed by atoms with E-state index in [0.29, 0.717) is 17.9 Å². The van der Waals surface area contributed by atoms with Crippen molar-refractivity contribution >= 4 is 17.5 Å². The van der Waals surface area contributed by atoms with Crippen LogP contribution < -0.4 is 14.8 Å². The van der Waals surface area contributed by atoms with Gasteiger partial charge in [-0.2, -0.15) is 0 Å². The molecule has 0 spiro atoms. The third kappa shape index (κ3) is 6.35. The summed E-state index contributed by atoms with van der Waals surface area (Å²) in [5.41, 5.74) is 2.21. The molecule has 0 heterocycles. The van der Waals surface area contributed by atoms with E-state index in [9.17, 15) is 9.59 Å². The van der Waals surface area contributed by atoms with Crippen LogP contribution in [0.1, 0.15) is 22.8 Å². The molecule has 32 heavy (non-hydrogen) atoms. The molecule has 6 nitrogen and oxygen atoms in total. The lowest BCUT2D eigenvalue weighted by Gasteiger charge is -2.19. The number of nitrogens with zero attached hydrogens (tertiary/aromatic N) is 1. The lowest BCUT2D eigenvalue weighted by Crippen LogP contribution is -2.35. The van der Waals surface area contributed by atoms with Crippen LogP contribution >= 0.6 is 0 Å². The van der Waals surface area contributed by atoms with Crippen molar-refractivity contribution in [1.29, 1.82) is 0 Å². The van der Waals surface area contributed by atoms with Gasteiger partial charge in [-0.15, -0.1) is 0 Å². The van der Waals surface area contributed by atoms with Crippen molar-refractivity contribution < 1.29 is 19.1 Å². The molecule has 0 bridgehead atoms. The number of likely N-dealkylation sites (N-methyl/N-ethyl adjacent to an activating group) is 1. The molecule has 3 aromatic carbocycles. The fourth-order valence-corrected chi connectivity index (χ4v) is 3.23. The summed E-state index contributed by atoms with van der Waals surface area (Å²) in [5.74, 6) is 0.675. The van der Waals surface area contributed by atoms with Crippen LogP contribution in [0.4, 0.5) is 5.69 Å². The van der Waals surface area contributed by atoms with Gasteiger partial charge in [0, 0.05) is 12.7 Å². The van der Waals surface area contributed by atoms with E-state index in [2.05, 4.69) is 5.32 Å². The Balaban J connectivity index is 1.56. The van der Waals surface area contributed by atoms with E-state index in [1.807, 2.05) is 61.5 Å². The summed E-state index contributed by atoms with van der Waals surface area (Å²) >= 11 is 0. The Morgan fingerprint density at radius 2 is 1.50 bits per heavy atom. The number of anilines is 1. The first kappa shape index (κ1) is 22.9. The van der Waals surface area contributed by atoms with E-state index in [-0.39, 0.29) is 25.0 Å². The van der Waals surface area contributed by atoms with Crippen molar-refractivity contribution in [3.05, 3.63) is 90.0 Å². The highest BCUT2D eigenvalue weighted by Gasteiger charge is 2.19. The number of hydrogen-bond donors (Lipinski definition) is 1. The molecule has 0 aliphatic rings. The van der Waals surface area contributed by atoms with Crippen molar-refractivity contribution in [3.8, 4) is 11.5 Å². The summed E-state index contributed by atoms with van der Waals surface area (Å²) in [4.78, 5) is 26.9. The summed E-state index contributed by atoms with van der Waals surface area (Å²) in [6.45, 7) is 2.60. The third-order valence-corrected chi connectivity index (χ3v) is 4.87. The number of hydrogen-bond acceptors (Lipinski definition) is 4. The molecule has 3 aromatic rings. The molecule has 6 heteroatoms. The Kier molecular flexibility index (Phi) is 8.26. The maximum Gasteiger partial charge on any atom is 0.257 e. The van der Waals surface area contributed by atoms with E-state index in [0.717, 1.165) is 23.4 Å². The van der Waals surface area contributed by atoms with Gasteiger partial charge in [0.25, 0.3) is 5.91 Å². The molecule has 0 fully saturated rings. The van der Waals surface area contributed by atoms with Crippen LogP contribution in [0.25, 0.3) is 0 Å². The first-order chi connectivity index (χ1) is 15.6. The quantitative estimate of drug-likeness (QED) is 0.482. The van der Waals surface area contributed by atoms with E-state index < -0.39 is 0 Å². The van der Waals surface area contributed by atoms with Crippen LogP contribution in [-0.2, 0) is 11.2 Å². The van der Waals surface area contributed by atoms with Crippen LogP contribution in [0.3, 0.4) is 0 Å². The van der Waals surface area contributed by atoms with Crippen LogP contribution in [0, 0.1) is 0 Å². The molecular weight excluding hydrogens is 404 g/mol. The smallest absolute Gasteiger partial charge is 0.257 e. The van der Waals surface area contributed by atoms with Gasteiger partial charge in [0.05, 0.1) is 12.1 Å². The van der Waals surface area contributed by atoms with Crippen LogP contribution in [0.2, 0.25) is 0 Å². The molecule has 0 aliphatic carbocycles. The van der Waals surface area contributed by atoms with E-state index in [1.165, 1.54) is 4.90 Å². The van der Waals surface area contributed by atoms with Crippen molar-refractivity contribution in [2.45, 2.75) is 13.3 Å². The molecule has 166 valence electrons. The zero-order valence-corrected chi connectivity index (χ0v) is 18.4. The molecule has 0 aromatic heterocycles. The Bertz CT molecular complexity index is 1040. The Hall–Kier alpha value is -3.80. The van der Waals surface area contributed by atoms with Crippen LogP contribution in [0.15, 0.2) is 78.9 Å². The lowest BCUT2D eigenvalue weighted by molar-refractivity contribution is -0.116. The highest BCUT2D eigenvalue weighted by atomic mass is 16.5. The topological polar surface area (TPSA) is 67.9 Å². The molecular formula is C26H28N2O4. The molecule has 0 saturated heterocycles. The number of amides is 2. The van der Waals surface area contributed by atoms with Gasteiger partial charge in [0.15, 0.2) is 0 Å². The molecule has 0 saturated carbocycles. The number of aryl methyl sites for hydroxylation is 1. The van der Waals surface area contributed by atoms with Crippen molar-refractivity contribution in [2.75, 3.05) is 32.1 Å². The number of nitrogens with one attached hydrogen (secondary N) is 1. The third-order valence-electron chi connectivity index (χ3n) is 4.87. The molecule has 0 unspecified atom stereocenters. The van der Waals surface area contributed by atoms with Gasteiger partial charge >= 0.3 is 0 Å². The van der Waals surface area contributed by atoms with Crippen LogP contribution in [-0.4, -0.2) is 43.5 Å². The normalized spacial score (nSPS) is 10.3. The number of rotatable bonds is 10. The van der Waals surface area contributed by atoms with E-state index in [4.69, 9.17) is 9.47 Å².